The molecule has 0 unspecified atom stereocenters. The van der Waals surface area contributed by atoms with Crippen LogP contribution in [-0.4, -0.2) is 6.21 Å². The van der Waals surface area contributed by atoms with E-state index < -0.39 is 0 Å². The third-order valence-corrected chi connectivity index (χ3v) is 0.843. The topological polar surface area (TPSA) is 50.4 Å². The fourth-order valence-corrected chi connectivity index (χ4v) is 0.337. The van der Waals surface area contributed by atoms with Crippen molar-refractivity contribution in [3.63, 3.8) is 0 Å². The summed E-state index contributed by atoms with van der Waals surface area (Å²) in [5, 5.41) is 0. The highest BCUT2D eigenvalue weighted by molar-refractivity contribution is 5.76. The SMILES string of the molecule is C=C(C=N/C=C\CC)NN. The van der Waals surface area contributed by atoms with E-state index in [1.807, 2.05) is 13.0 Å². The van der Waals surface area contributed by atoms with Crippen LogP contribution in [0.4, 0.5) is 0 Å². The van der Waals surface area contributed by atoms with Crippen molar-refractivity contribution in [3.05, 3.63) is 24.6 Å². The van der Waals surface area contributed by atoms with Crippen molar-refractivity contribution in [1.29, 1.82) is 0 Å². The van der Waals surface area contributed by atoms with E-state index in [2.05, 4.69) is 17.0 Å². The molecule has 0 aromatic rings. The van der Waals surface area contributed by atoms with Crippen LogP contribution in [0.5, 0.6) is 0 Å². The van der Waals surface area contributed by atoms with Crippen LogP contribution in [0.25, 0.3) is 0 Å². The first-order valence-electron chi connectivity index (χ1n) is 3.15. The molecule has 0 saturated heterocycles. The van der Waals surface area contributed by atoms with Crippen molar-refractivity contribution in [2.45, 2.75) is 13.3 Å². The number of nitrogens with two attached hydrogens (primary N) is 1. The molecule has 0 aliphatic heterocycles. The van der Waals surface area contributed by atoms with Crippen LogP contribution in [0.3, 0.4) is 0 Å². The summed E-state index contributed by atoms with van der Waals surface area (Å²) in [7, 11) is 0. The van der Waals surface area contributed by atoms with Gasteiger partial charge in [0.2, 0.25) is 0 Å². The highest BCUT2D eigenvalue weighted by Gasteiger charge is 1.75. The van der Waals surface area contributed by atoms with Gasteiger partial charge in [-0.3, -0.25) is 10.8 Å². The Labute approximate surface area is 61.3 Å². The van der Waals surface area contributed by atoms with Crippen molar-refractivity contribution in [2.24, 2.45) is 10.8 Å². The molecule has 0 radical (unpaired) electrons. The molecule has 0 aliphatic rings. The number of hydrazine groups is 1. The normalized spacial score (nSPS) is 11.0. The van der Waals surface area contributed by atoms with Gasteiger partial charge in [-0.25, -0.2) is 0 Å². The Morgan fingerprint density at radius 2 is 2.50 bits per heavy atom. The standard InChI is InChI=1S/C7H13N3/c1-3-4-5-9-6-7(2)10-8/h4-6,10H,2-3,8H2,1H3/b5-4-,9-6?. The minimum atomic E-state index is 0.598. The van der Waals surface area contributed by atoms with Crippen molar-refractivity contribution in [3.8, 4) is 0 Å². The molecule has 0 spiro atoms. The number of hydrogen-bond donors (Lipinski definition) is 2. The van der Waals surface area contributed by atoms with Gasteiger partial charge in [-0.15, -0.1) is 0 Å². The number of nitrogens with one attached hydrogen (secondary N) is 1. The van der Waals surface area contributed by atoms with Gasteiger partial charge in [0, 0.05) is 6.20 Å². The van der Waals surface area contributed by atoms with E-state index in [1.165, 1.54) is 0 Å². The molecule has 0 amide bonds. The predicted molar refractivity (Wildman–Crippen MR) is 44.4 cm³/mol. The second-order valence-corrected chi connectivity index (χ2v) is 1.74. The van der Waals surface area contributed by atoms with Crippen LogP contribution in [0, 0.1) is 0 Å². The van der Waals surface area contributed by atoms with Crippen LogP contribution >= 0.6 is 0 Å². The molecule has 3 heteroatoms. The van der Waals surface area contributed by atoms with E-state index in [9.17, 15) is 0 Å². The van der Waals surface area contributed by atoms with E-state index in [4.69, 9.17) is 5.84 Å². The quantitative estimate of drug-likeness (QED) is 0.346. The maximum absolute atomic E-state index is 5.02. The number of aliphatic imine (C=N–C) groups is 1. The summed E-state index contributed by atoms with van der Waals surface area (Å²) in [4.78, 5) is 3.88. The Bertz CT molecular complexity index is 147. The Morgan fingerprint density at radius 3 is 3.00 bits per heavy atom. The Morgan fingerprint density at radius 1 is 1.80 bits per heavy atom. The molecule has 0 aromatic carbocycles. The lowest BCUT2D eigenvalue weighted by atomic mass is 10.5. The number of rotatable bonds is 4. The van der Waals surface area contributed by atoms with Crippen molar-refractivity contribution in [1.82, 2.24) is 5.43 Å². The van der Waals surface area contributed by atoms with Crippen LogP contribution in [0.15, 0.2) is 29.5 Å². The summed E-state index contributed by atoms with van der Waals surface area (Å²) in [5.41, 5.74) is 2.96. The minimum absolute atomic E-state index is 0.598. The summed E-state index contributed by atoms with van der Waals surface area (Å²) >= 11 is 0. The van der Waals surface area contributed by atoms with E-state index in [-0.39, 0.29) is 0 Å². The average molecular weight is 139 g/mol. The molecule has 0 atom stereocenters. The van der Waals surface area contributed by atoms with E-state index >= 15 is 0 Å². The second kappa shape index (κ2) is 6.04. The zero-order chi connectivity index (χ0) is 7.82. The first kappa shape index (κ1) is 8.91. The van der Waals surface area contributed by atoms with Gasteiger partial charge in [0.15, 0.2) is 0 Å². The van der Waals surface area contributed by atoms with Crippen LogP contribution in [0.1, 0.15) is 13.3 Å². The molecule has 0 fully saturated rings. The number of nitrogens with zero attached hydrogens (tertiary/aromatic N) is 1. The fraction of sp³-hybridized carbons (Fsp3) is 0.286. The highest BCUT2D eigenvalue weighted by atomic mass is 15.2. The molecule has 0 saturated carbocycles. The van der Waals surface area contributed by atoms with E-state index in [1.54, 1.807) is 12.4 Å². The summed E-state index contributed by atoms with van der Waals surface area (Å²) < 4.78 is 0. The maximum atomic E-state index is 5.02. The molecule has 0 bridgehead atoms. The smallest absolute Gasteiger partial charge is 0.0596 e. The number of allylic oxidation sites excluding steroid dienone is 2. The van der Waals surface area contributed by atoms with Gasteiger partial charge in [-0.2, -0.15) is 0 Å². The molecule has 56 valence electrons. The van der Waals surface area contributed by atoms with Crippen LogP contribution < -0.4 is 11.3 Å². The molecular weight excluding hydrogens is 126 g/mol. The van der Waals surface area contributed by atoms with Gasteiger partial charge in [0.05, 0.1) is 11.9 Å². The molecule has 3 nitrogen and oxygen atoms in total. The summed E-state index contributed by atoms with van der Waals surface area (Å²) in [6.07, 6.45) is 6.20. The lowest BCUT2D eigenvalue weighted by molar-refractivity contribution is 0.941. The first-order valence-corrected chi connectivity index (χ1v) is 3.15. The van der Waals surface area contributed by atoms with Gasteiger partial charge in [-0.05, 0) is 6.42 Å². The lowest BCUT2D eigenvalue weighted by Crippen LogP contribution is -2.20. The maximum Gasteiger partial charge on any atom is 0.0596 e. The molecule has 0 rings (SSSR count). The average Bonchev–Trinajstić information content (AvgIpc) is 1.98. The largest absolute Gasteiger partial charge is 0.323 e. The van der Waals surface area contributed by atoms with Gasteiger partial charge >= 0.3 is 0 Å². The zero-order valence-electron chi connectivity index (χ0n) is 6.17. The monoisotopic (exact) mass is 139 g/mol. The van der Waals surface area contributed by atoms with Crippen LogP contribution in [0.2, 0.25) is 0 Å². The molecule has 10 heavy (non-hydrogen) atoms. The van der Waals surface area contributed by atoms with E-state index in [0.717, 1.165) is 6.42 Å². The molecular formula is C7H13N3. The van der Waals surface area contributed by atoms with Crippen molar-refractivity contribution >= 4 is 6.21 Å². The summed E-state index contributed by atoms with van der Waals surface area (Å²) in [6.45, 7) is 5.60. The highest BCUT2D eigenvalue weighted by Crippen LogP contribution is 1.81. The number of hydrogen-bond acceptors (Lipinski definition) is 3. The Hall–Kier alpha value is -1.09. The van der Waals surface area contributed by atoms with Crippen molar-refractivity contribution in [2.75, 3.05) is 0 Å². The van der Waals surface area contributed by atoms with Gasteiger partial charge < -0.3 is 5.43 Å². The molecule has 0 heterocycles. The second-order valence-electron chi connectivity index (χ2n) is 1.74. The van der Waals surface area contributed by atoms with Gasteiger partial charge in [0.25, 0.3) is 0 Å². The van der Waals surface area contributed by atoms with Gasteiger partial charge in [0.1, 0.15) is 0 Å². The lowest BCUT2D eigenvalue weighted by Gasteiger charge is -1.91. The molecule has 3 N–H and O–H groups in total. The summed E-state index contributed by atoms with van der Waals surface area (Å²) in [5.74, 6) is 5.02. The Kier molecular flexibility index (Phi) is 5.38. The van der Waals surface area contributed by atoms with E-state index in [0.29, 0.717) is 5.70 Å². The first-order chi connectivity index (χ1) is 4.81. The summed E-state index contributed by atoms with van der Waals surface area (Å²) in [6, 6.07) is 0. The Balaban J connectivity index is 3.55. The molecule has 0 aromatic heterocycles. The third-order valence-electron chi connectivity index (χ3n) is 0.843. The van der Waals surface area contributed by atoms with Crippen LogP contribution in [-0.2, 0) is 0 Å². The third kappa shape index (κ3) is 5.05. The molecule has 0 aliphatic carbocycles. The fourth-order valence-electron chi connectivity index (χ4n) is 0.337. The minimum Gasteiger partial charge on any atom is -0.323 e. The predicted octanol–water partition coefficient (Wildman–Crippen LogP) is 0.958. The van der Waals surface area contributed by atoms with Gasteiger partial charge in [-0.1, -0.05) is 19.6 Å². The zero-order valence-corrected chi connectivity index (χ0v) is 6.17. The van der Waals surface area contributed by atoms with Crippen molar-refractivity contribution < 1.29 is 0 Å².